The summed E-state index contributed by atoms with van der Waals surface area (Å²) in [5, 5.41) is 2.70. The zero-order valence-electron chi connectivity index (χ0n) is 10.6. The van der Waals surface area contributed by atoms with E-state index in [2.05, 4.69) is 5.32 Å². The molecule has 0 saturated carbocycles. The Morgan fingerprint density at radius 2 is 2.16 bits per heavy atom. The van der Waals surface area contributed by atoms with Gasteiger partial charge in [-0.05, 0) is 32.0 Å². The van der Waals surface area contributed by atoms with Crippen molar-refractivity contribution in [3.05, 3.63) is 23.8 Å². The van der Waals surface area contributed by atoms with E-state index in [0.29, 0.717) is 17.0 Å². The quantitative estimate of drug-likeness (QED) is 0.855. The number of hydrogen-bond donors (Lipinski definition) is 1. The maximum Gasteiger partial charge on any atom is 0.338 e. The molecule has 1 aromatic rings. The molecule has 1 atom stereocenters. The number of benzene rings is 1. The molecule has 5 nitrogen and oxygen atoms in total. The van der Waals surface area contributed by atoms with Crippen LogP contribution < -0.4 is 5.32 Å². The highest BCUT2D eigenvalue weighted by Crippen LogP contribution is 2.32. The van der Waals surface area contributed by atoms with Gasteiger partial charge in [0.05, 0.1) is 17.0 Å². The number of nitrogens with one attached hydrogen (secondary N) is 1. The molecular formula is C13H13NO4S. The van der Waals surface area contributed by atoms with E-state index in [-0.39, 0.29) is 11.7 Å². The van der Waals surface area contributed by atoms with Gasteiger partial charge in [0.1, 0.15) is 0 Å². The number of carbonyl (C=O) groups is 3. The van der Waals surface area contributed by atoms with Crippen LogP contribution in [0.2, 0.25) is 0 Å². The molecule has 0 saturated heterocycles. The molecule has 1 heterocycles. The minimum atomic E-state index is -0.771. The monoisotopic (exact) mass is 279 g/mol. The first-order valence-corrected chi connectivity index (χ1v) is 6.74. The highest BCUT2D eigenvalue weighted by Gasteiger charge is 2.19. The Morgan fingerprint density at radius 1 is 1.42 bits per heavy atom. The van der Waals surface area contributed by atoms with Gasteiger partial charge in [-0.15, -0.1) is 11.8 Å². The molecule has 19 heavy (non-hydrogen) atoms. The molecule has 1 amide bonds. The summed E-state index contributed by atoms with van der Waals surface area (Å²) in [4.78, 5) is 35.1. The number of hydrogen-bond acceptors (Lipinski definition) is 5. The van der Waals surface area contributed by atoms with Crippen LogP contribution in [0.3, 0.4) is 0 Å². The second-order valence-corrected chi connectivity index (χ2v) is 5.22. The second kappa shape index (κ2) is 5.44. The Morgan fingerprint density at radius 3 is 2.84 bits per heavy atom. The van der Waals surface area contributed by atoms with Gasteiger partial charge in [-0.1, -0.05) is 0 Å². The van der Waals surface area contributed by atoms with Crippen molar-refractivity contribution in [2.45, 2.75) is 24.8 Å². The molecule has 1 unspecified atom stereocenters. The Hall–Kier alpha value is -1.82. The molecule has 1 aromatic carbocycles. The molecule has 1 N–H and O–H groups in total. The Balaban J connectivity index is 2.17. The molecule has 6 heteroatoms. The predicted molar refractivity (Wildman–Crippen MR) is 71.4 cm³/mol. The van der Waals surface area contributed by atoms with Crippen LogP contribution in [0.5, 0.6) is 0 Å². The third-order valence-corrected chi connectivity index (χ3v) is 3.78. The lowest BCUT2D eigenvalue weighted by molar-refractivity contribution is -0.124. The first-order chi connectivity index (χ1) is 8.97. The lowest BCUT2D eigenvalue weighted by Crippen LogP contribution is -2.22. The van der Waals surface area contributed by atoms with E-state index in [0.717, 1.165) is 4.90 Å². The minimum absolute atomic E-state index is 0.0971. The van der Waals surface area contributed by atoms with Crippen molar-refractivity contribution < 1.29 is 19.1 Å². The van der Waals surface area contributed by atoms with Gasteiger partial charge < -0.3 is 10.1 Å². The molecule has 100 valence electrons. The Bertz CT molecular complexity index is 556. The van der Waals surface area contributed by atoms with Gasteiger partial charge >= 0.3 is 5.97 Å². The predicted octanol–water partition coefficient (Wildman–Crippen LogP) is 1.87. The van der Waals surface area contributed by atoms with E-state index in [4.69, 9.17) is 4.74 Å². The van der Waals surface area contributed by atoms with Gasteiger partial charge in [0.2, 0.25) is 5.91 Å². The van der Waals surface area contributed by atoms with E-state index in [1.54, 1.807) is 18.2 Å². The van der Waals surface area contributed by atoms with Crippen molar-refractivity contribution in [3.8, 4) is 0 Å². The first kappa shape index (κ1) is 13.6. The number of esters is 1. The van der Waals surface area contributed by atoms with Crippen molar-refractivity contribution in [1.29, 1.82) is 0 Å². The van der Waals surface area contributed by atoms with E-state index >= 15 is 0 Å². The number of carbonyl (C=O) groups excluding carboxylic acids is 3. The minimum Gasteiger partial charge on any atom is -0.451 e. The summed E-state index contributed by atoms with van der Waals surface area (Å²) in [6, 6.07) is 4.95. The molecule has 0 aliphatic carbocycles. The van der Waals surface area contributed by atoms with Crippen LogP contribution in [0, 0.1) is 0 Å². The summed E-state index contributed by atoms with van der Waals surface area (Å²) in [7, 11) is 0. The Kier molecular flexibility index (Phi) is 3.90. The largest absolute Gasteiger partial charge is 0.451 e. The number of anilines is 1. The van der Waals surface area contributed by atoms with Gasteiger partial charge in [0, 0.05) is 4.90 Å². The fourth-order valence-electron chi connectivity index (χ4n) is 1.52. The molecule has 0 spiro atoms. The molecule has 0 aromatic heterocycles. The molecule has 0 fully saturated rings. The smallest absolute Gasteiger partial charge is 0.338 e. The topological polar surface area (TPSA) is 72.5 Å². The number of fused-ring (bicyclic) bond motifs is 1. The molecule has 1 aliphatic heterocycles. The molecular weight excluding hydrogens is 266 g/mol. The van der Waals surface area contributed by atoms with Crippen LogP contribution in [0.4, 0.5) is 5.69 Å². The molecule has 0 radical (unpaired) electrons. The van der Waals surface area contributed by atoms with Crippen LogP contribution in [-0.4, -0.2) is 29.5 Å². The summed E-state index contributed by atoms with van der Waals surface area (Å²) in [6.07, 6.45) is -0.771. The zero-order valence-corrected chi connectivity index (χ0v) is 11.4. The van der Waals surface area contributed by atoms with Crippen molar-refractivity contribution in [2.75, 3.05) is 11.1 Å². The number of ether oxygens (including phenoxy) is 1. The second-order valence-electron chi connectivity index (χ2n) is 4.21. The van der Waals surface area contributed by atoms with Crippen molar-refractivity contribution >= 4 is 35.1 Å². The van der Waals surface area contributed by atoms with Gasteiger partial charge in [-0.3, -0.25) is 9.59 Å². The van der Waals surface area contributed by atoms with Crippen LogP contribution >= 0.6 is 11.8 Å². The SMILES string of the molecule is CC(=O)C(C)OC(=O)c1ccc2c(c1)NC(=O)CS2. The van der Waals surface area contributed by atoms with Crippen LogP contribution in [-0.2, 0) is 14.3 Å². The highest BCUT2D eigenvalue weighted by molar-refractivity contribution is 8.00. The van der Waals surface area contributed by atoms with Gasteiger partial charge in [-0.2, -0.15) is 0 Å². The number of rotatable bonds is 3. The summed E-state index contributed by atoms with van der Waals surface area (Å²) >= 11 is 1.42. The van der Waals surface area contributed by atoms with Crippen molar-refractivity contribution in [2.24, 2.45) is 0 Å². The maximum absolute atomic E-state index is 11.8. The lowest BCUT2D eigenvalue weighted by atomic mass is 10.2. The zero-order chi connectivity index (χ0) is 14.0. The van der Waals surface area contributed by atoms with E-state index in [1.807, 2.05) is 0 Å². The number of thioether (sulfide) groups is 1. The Labute approximate surface area is 114 Å². The van der Waals surface area contributed by atoms with E-state index in [1.165, 1.54) is 25.6 Å². The number of ketones is 1. The first-order valence-electron chi connectivity index (χ1n) is 5.75. The fraction of sp³-hybridized carbons (Fsp3) is 0.308. The van der Waals surface area contributed by atoms with E-state index in [9.17, 15) is 14.4 Å². The fourth-order valence-corrected chi connectivity index (χ4v) is 2.31. The number of amides is 1. The summed E-state index contributed by atoms with van der Waals surface area (Å²) in [6.45, 7) is 2.89. The van der Waals surface area contributed by atoms with Gasteiger partial charge in [0.25, 0.3) is 0 Å². The standard InChI is InChI=1S/C13H13NO4S/c1-7(15)8(2)18-13(17)9-3-4-11-10(5-9)14-12(16)6-19-11/h3-5,8H,6H2,1-2H3,(H,14,16). The lowest BCUT2D eigenvalue weighted by Gasteiger charge is -2.17. The third kappa shape index (κ3) is 3.14. The van der Waals surface area contributed by atoms with Crippen LogP contribution in [0.1, 0.15) is 24.2 Å². The summed E-state index contributed by atoms with van der Waals surface area (Å²) in [5.41, 5.74) is 0.917. The molecule has 0 bridgehead atoms. The third-order valence-electron chi connectivity index (χ3n) is 2.70. The van der Waals surface area contributed by atoms with Crippen molar-refractivity contribution in [3.63, 3.8) is 0 Å². The highest BCUT2D eigenvalue weighted by atomic mass is 32.2. The number of Topliss-reactive ketones (excluding diaryl/α,β-unsaturated/α-hetero) is 1. The normalized spacial score (nSPS) is 15.2. The van der Waals surface area contributed by atoms with Crippen LogP contribution in [0.25, 0.3) is 0 Å². The summed E-state index contributed by atoms with van der Waals surface area (Å²) in [5.74, 6) is -0.511. The van der Waals surface area contributed by atoms with E-state index < -0.39 is 12.1 Å². The average Bonchev–Trinajstić information content (AvgIpc) is 2.37. The van der Waals surface area contributed by atoms with Crippen molar-refractivity contribution in [1.82, 2.24) is 0 Å². The maximum atomic E-state index is 11.8. The average molecular weight is 279 g/mol. The van der Waals surface area contributed by atoms with Crippen LogP contribution in [0.15, 0.2) is 23.1 Å². The molecule has 1 aliphatic rings. The van der Waals surface area contributed by atoms with Gasteiger partial charge in [0.15, 0.2) is 11.9 Å². The molecule has 2 rings (SSSR count). The van der Waals surface area contributed by atoms with Gasteiger partial charge in [-0.25, -0.2) is 4.79 Å². The summed E-state index contributed by atoms with van der Waals surface area (Å²) < 4.78 is 5.01.